The number of aliphatic hydroxyl groups excluding tert-OH is 2. The highest BCUT2D eigenvalue weighted by Crippen LogP contribution is 2.44. The maximum absolute atomic E-state index is 14.2. The van der Waals surface area contributed by atoms with Crippen LogP contribution in [0.25, 0.3) is 0 Å². The van der Waals surface area contributed by atoms with Crippen molar-refractivity contribution in [2.75, 3.05) is 7.05 Å². The summed E-state index contributed by atoms with van der Waals surface area (Å²) in [7, 11) is 1.42. The van der Waals surface area contributed by atoms with Gasteiger partial charge >= 0.3 is 6.09 Å². The minimum absolute atomic E-state index is 0.0273. The monoisotopic (exact) mass is 619 g/mol. The molecule has 3 heterocycles. The summed E-state index contributed by atoms with van der Waals surface area (Å²) in [6, 6.07) is 7.59. The van der Waals surface area contributed by atoms with E-state index in [1.165, 1.54) is 7.05 Å². The fraction of sp³-hybridized carbons (Fsp3) is 0.567. The van der Waals surface area contributed by atoms with Gasteiger partial charge in [0.15, 0.2) is 0 Å². The Balaban J connectivity index is 1.38. The molecule has 13 nitrogen and oxygen atoms in total. The van der Waals surface area contributed by atoms with Crippen molar-refractivity contribution in [3.63, 3.8) is 0 Å². The minimum Gasteiger partial charge on any atom is -0.506 e. The number of amides is 2. The van der Waals surface area contributed by atoms with E-state index in [0.717, 1.165) is 22.7 Å². The van der Waals surface area contributed by atoms with Gasteiger partial charge in [-0.3, -0.25) is 9.78 Å². The second-order valence-corrected chi connectivity index (χ2v) is 11.6. The van der Waals surface area contributed by atoms with Crippen molar-refractivity contribution in [2.45, 2.75) is 94.4 Å². The lowest BCUT2D eigenvalue weighted by Crippen LogP contribution is -2.77. The predicted octanol–water partition coefficient (Wildman–Crippen LogP) is 0.960. The first-order valence-electron chi connectivity index (χ1n) is 14.6. The number of ether oxygens (including phenoxy) is 4. The Bertz CT molecular complexity index is 1340. The summed E-state index contributed by atoms with van der Waals surface area (Å²) in [5, 5.41) is 46.6. The number of aliphatic hydroxyl groups is 3. The normalized spacial score (nSPS) is 34.8. The fourth-order valence-corrected chi connectivity index (χ4v) is 6.25. The zero-order valence-corrected chi connectivity index (χ0v) is 24.6. The molecule has 2 amide bonds. The fourth-order valence-electron chi connectivity index (χ4n) is 6.25. The van der Waals surface area contributed by atoms with E-state index < -0.39 is 90.6 Å². The van der Waals surface area contributed by atoms with E-state index in [4.69, 9.17) is 18.9 Å². The Kier molecular flexibility index (Phi) is 9.39. The summed E-state index contributed by atoms with van der Waals surface area (Å²) in [5.74, 6) is -5.01. The van der Waals surface area contributed by atoms with Crippen molar-refractivity contribution in [3.05, 3.63) is 59.7 Å². The second kappa shape index (κ2) is 12.9. The molecular weight excluding hydrogens is 581 g/mol. The van der Waals surface area contributed by atoms with Crippen LogP contribution in [-0.2, 0) is 36.8 Å². The van der Waals surface area contributed by atoms with Crippen LogP contribution in [0.4, 0.5) is 9.18 Å². The Morgan fingerprint density at radius 2 is 1.91 bits per heavy atom. The SMILES string of the molecule is CC[C@H]1[C@H](O)[C@H]2O[C@@H]3O[C@H](C)C[C@@H](NC(=O)Cc4ncc(O)cc4F)[C@]3(O)O[C@@H]2[C@@H](N(C)C(=O)OCc2ccccc2)[C@H]1O. The number of aromatic nitrogens is 1. The third-order valence-electron chi connectivity index (χ3n) is 8.57. The minimum atomic E-state index is -2.32. The van der Waals surface area contributed by atoms with Crippen molar-refractivity contribution in [1.82, 2.24) is 15.2 Å². The van der Waals surface area contributed by atoms with Gasteiger partial charge in [-0.25, -0.2) is 9.18 Å². The summed E-state index contributed by atoms with van der Waals surface area (Å²) < 4.78 is 37.9. The molecular formula is C30H38FN3O10. The van der Waals surface area contributed by atoms with E-state index in [1.807, 2.05) is 6.07 Å². The zero-order valence-electron chi connectivity index (χ0n) is 24.6. The quantitative estimate of drug-likeness (QED) is 0.298. The van der Waals surface area contributed by atoms with Gasteiger partial charge in [-0.15, -0.1) is 0 Å². The number of pyridine rings is 1. The number of fused-ring (bicyclic) bond motifs is 2. The molecule has 1 saturated carbocycles. The number of aromatic hydroxyl groups is 1. The lowest BCUT2D eigenvalue weighted by atomic mass is 9.74. The molecule has 1 aromatic carbocycles. The highest BCUT2D eigenvalue weighted by atomic mass is 19.1. The van der Waals surface area contributed by atoms with Crippen LogP contribution in [0.5, 0.6) is 5.75 Å². The number of hydrogen-bond acceptors (Lipinski definition) is 11. The first-order chi connectivity index (χ1) is 20.9. The molecule has 2 aromatic rings. The lowest BCUT2D eigenvalue weighted by molar-refractivity contribution is -0.452. The summed E-state index contributed by atoms with van der Waals surface area (Å²) >= 11 is 0. The highest BCUT2D eigenvalue weighted by molar-refractivity contribution is 5.78. The number of hydrogen-bond donors (Lipinski definition) is 5. The zero-order chi connectivity index (χ0) is 31.8. The maximum atomic E-state index is 14.2. The molecule has 240 valence electrons. The number of carbonyl (C=O) groups excluding carboxylic acids is 2. The van der Waals surface area contributed by atoms with Crippen LogP contribution in [0.2, 0.25) is 0 Å². The molecule has 14 heteroatoms. The van der Waals surface area contributed by atoms with Crippen LogP contribution in [0.15, 0.2) is 42.6 Å². The Morgan fingerprint density at radius 1 is 1.18 bits per heavy atom. The average Bonchev–Trinajstić information content (AvgIpc) is 2.98. The van der Waals surface area contributed by atoms with Gasteiger partial charge in [-0.2, -0.15) is 0 Å². The number of benzene rings is 1. The second-order valence-electron chi connectivity index (χ2n) is 11.6. The van der Waals surface area contributed by atoms with Crippen molar-refractivity contribution in [1.29, 1.82) is 0 Å². The van der Waals surface area contributed by atoms with Crippen molar-refractivity contribution >= 4 is 12.0 Å². The highest BCUT2D eigenvalue weighted by Gasteiger charge is 2.64. The van der Waals surface area contributed by atoms with Gasteiger partial charge in [-0.05, 0) is 25.3 Å². The molecule has 0 radical (unpaired) electrons. The van der Waals surface area contributed by atoms with E-state index in [2.05, 4.69) is 10.3 Å². The summed E-state index contributed by atoms with van der Waals surface area (Å²) in [6.07, 6.45) is -6.80. The Hall–Kier alpha value is -3.40. The molecule has 3 aliphatic rings. The molecule has 1 aromatic heterocycles. The van der Waals surface area contributed by atoms with Crippen molar-refractivity contribution < 1.29 is 53.4 Å². The summed E-state index contributed by atoms with van der Waals surface area (Å²) in [4.78, 5) is 31.1. The summed E-state index contributed by atoms with van der Waals surface area (Å²) in [6.45, 7) is 3.45. The maximum Gasteiger partial charge on any atom is 0.410 e. The molecule has 5 N–H and O–H groups in total. The first-order valence-corrected chi connectivity index (χ1v) is 14.6. The number of rotatable bonds is 7. The van der Waals surface area contributed by atoms with Gasteiger partial charge in [0.25, 0.3) is 0 Å². The molecule has 3 fully saturated rings. The first kappa shape index (κ1) is 32.0. The number of carbonyl (C=O) groups is 2. The van der Waals surface area contributed by atoms with E-state index in [0.29, 0.717) is 6.42 Å². The third-order valence-corrected chi connectivity index (χ3v) is 8.57. The van der Waals surface area contributed by atoms with Crippen LogP contribution in [-0.4, -0.2) is 104 Å². The van der Waals surface area contributed by atoms with E-state index in [9.17, 15) is 34.4 Å². The van der Waals surface area contributed by atoms with E-state index >= 15 is 0 Å². The number of nitrogens with zero attached hydrogens (tertiary/aromatic N) is 2. The average molecular weight is 620 g/mol. The van der Waals surface area contributed by atoms with Gasteiger partial charge in [-0.1, -0.05) is 37.3 Å². The summed E-state index contributed by atoms with van der Waals surface area (Å²) in [5.41, 5.74) is 0.534. The van der Waals surface area contributed by atoms with Crippen LogP contribution in [0, 0.1) is 11.7 Å². The Labute approximate surface area is 253 Å². The van der Waals surface area contributed by atoms with Crippen LogP contribution in [0.3, 0.4) is 0 Å². The van der Waals surface area contributed by atoms with E-state index in [1.54, 1.807) is 38.1 Å². The van der Waals surface area contributed by atoms with Gasteiger partial charge < -0.3 is 49.6 Å². The van der Waals surface area contributed by atoms with Gasteiger partial charge in [0.1, 0.15) is 30.4 Å². The number of likely N-dealkylation sites (N-methyl/N-ethyl adjacent to an activating group) is 1. The largest absolute Gasteiger partial charge is 0.506 e. The standard InChI is InChI=1S/C30H38FN3O10/c1-4-18-24(37)23(34(3)29(39)41-14-16-8-6-5-7-9-16)26-27(25(18)38)43-28-30(40,44-26)21(10-15(2)42-28)33-22(36)12-20-19(31)11-17(35)13-32-20/h5-9,11,13,15,18,21,23-28,35,37-38,40H,4,10,12,14H2,1-3H3,(H,33,36)/t15-,18-,21-,23+,24+,25+,26-,27-,28+,30+/m1/s1. The van der Waals surface area contributed by atoms with Gasteiger partial charge in [0.05, 0.1) is 48.7 Å². The number of nitrogens with one attached hydrogen (secondary N) is 1. The smallest absolute Gasteiger partial charge is 0.410 e. The molecule has 0 bridgehead atoms. The van der Waals surface area contributed by atoms with E-state index in [-0.39, 0.29) is 18.7 Å². The lowest BCUT2D eigenvalue weighted by Gasteiger charge is -2.58. The van der Waals surface area contributed by atoms with Crippen LogP contribution in [0.1, 0.15) is 37.9 Å². The Morgan fingerprint density at radius 3 is 2.59 bits per heavy atom. The molecule has 0 spiro atoms. The molecule has 1 aliphatic carbocycles. The van der Waals surface area contributed by atoms with Gasteiger partial charge in [0, 0.05) is 19.0 Å². The third kappa shape index (κ3) is 6.23. The molecule has 44 heavy (non-hydrogen) atoms. The van der Waals surface area contributed by atoms with Crippen LogP contribution < -0.4 is 5.32 Å². The molecule has 2 aliphatic heterocycles. The molecule has 0 unspecified atom stereocenters. The number of halogens is 1. The van der Waals surface area contributed by atoms with Crippen molar-refractivity contribution in [2.24, 2.45) is 5.92 Å². The molecule has 2 saturated heterocycles. The predicted molar refractivity (Wildman–Crippen MR) is 149 cm³/mol. The van der Waals surface area contributed by atoms with Crippen molar-refractivity contribution in [3.8, 4) is 5.75 Å². The topological polar surface area (TPSA) is 180 Å². The molecule has 5 rings (SSSR count). The molecule has 10 atom stereocenters. The van der Waals surface area contributed by atoms with Crippen LogP contribution >= 0.6 is 0 Å². The van der Waals surface area contributed by atoms with Gasteiger partial charge in [0.2, 0.25) is 18.0 Å².